The molecule has 0 spiro atoms. The number of thiazole rings is 1. The van der Waals surface area contributed by atoms with Crippen LogP contribution in [0.4, 0.5) is 5.13 Å². The molecule has 2 heterocycles. The maximum absolute atomic E-state index is 10.6. The van der Waals surface area contributed by atoms with Gasteiger partial charge in [-0.1, -0.05) is 0 Å². The van der Waals surface area contributed by atoms with E-state index in [9.17, 15) is 4.79 Å². The lowest BCUT2D eigenvalue weighted by atomic mass is 10.2. The molecule has 0 bridgehead atoms. The van der Waals surface area contributed by atoms with Crippen LogP contribution in [0.15, 0.2) is 5.38 Å². The molecule has 0 saturated carbocycles. The number of carbonyl (C=O) groups is 1. The molecule has 1 aromatic heterocycles. The smallest absolute Gasteiger partial charge is 0.309 e. The van der Waals surface area contributed by atoms with Crippen LogP contribution in [0.25, 0.3) is 0 Å². The summed E-state index contributed by atoms with van der Waals surface area (Å²) in [5, 5.41) is 11.5. The molecule has 94 valence electrons. The van der Waals surface area contributed by atoms with E-state index in [4.69, 9.17) is 5.11 Å². The van der Waals surface area contributed by atoms with E-state index in [1.54, 1.807) is 0 Å². The highest BCUT2D eigenvalue weighted by Crippen LogP contribution is 2.25. The number of hydrogen-bond acceptors (Lipinski definition) is 5. The zero-order valence-corrected chi connectivity index (χ0v) is 10.9. The van der Waals surface area contributed by atoms with Crippen LogP contribution in [0.1, 0.15) is 12.1 Å². The van der Waals surface area contributed by atoms with Crippen LogP contribution in [0.3, 0.4) is 0 Å². The lowest BCUT2D eigenvalue weighted by Gasteiger charge is -2.19. The monoisotopic (exact) mass is 255 g/mol. The van der Waals surface area contributed by atoms with Crippen molar-refractivity contribution in [3.8, 4) is 0 Å². The van der Waals surface area contributed by atoms with Crippen LogP contribution in [-0.4, -0.2) is 54.2 Å². The van der Waals surface area contributed by atoms with Gasteiger partial charge in [0.2, 0.25) is 0 Å². The number of hydrogen-bond donors (Lipinski definition) is 1. The van der Waals surface area contributed by atoms with Crippen molar-refractivity contribution in [2.45, 2.75) is 18.9 Å². The second-order valence-electron chi connectivity index (χ2n) is 4.54. The van der Waals surface area contributed by atoms with Gasteiger partial charge in [0.25, 0.3) is 0 Å². The number of likely N-dealkylation sites (N-methyl/N-ethyl adjacent to an activating group) is 1. The van der Waals surface area contributed by atoms with Gasteiger partial charge in [0, 0.05) is 24.5 Å². The zero-order valence-electron chi connectivity index (χ0n) is 10.1. The van der Waals surface area contributed by atoms with E-state index in [1.165, 1.54) is 11.3 Å². The number of carboxylic acid groups (broad SMARTS) is 1. The van der Waals surface area contributed by atoms with E-state index in [-0.39, 0.29) is 6.42 Å². The van der Waals surface area contributed by atoms with Crippen molar-refractivity contribution in [3.05, 3.63) is 11.1 Å². The molecule has 0 aliphatic carbocycles. The van der Waals surface area contributed by atoms with E-state index in [0.29, 0.717) is 11.7 Å². The average Bonchev–Trinajstić information content (AvgIpc) is 2.83. The first-order valence-corrected chi connectivity index (χ1v) is 6.52. The van der Waals surface area contributed by atoms with Crippen LogP contribution in [0.5, 0.6) is 0 Å². The molecule has 1 aliphatic rings. The van der Waals surface area contributed by atoms with Crippen LogP contribution in [-0.2, 0) is 11.2 Å². The minimum Gasteiger partial charge on any atom is -0.481 e. The Labute approximate surface area is 105 Å². The highest BCUT2D eigenvalue weighted by atomic mass is 32.1. The Morgan fingerprint density at radius 2 is 2.47 bits per heavy atom. The lowest BCUT2D eigenvalue weighted by molar-refractivity contribution is -0.136. The number of nitrogens with zero attached hydrogens (tertiary/aromatic N) is 3. The first-order valence-electron chi connectivity index (χ1n) is 5.64. The summed E-state index contributed by atoms with van der Waals surface area (Å²) in [6.07, 6.45) is 1.16. The van der Waals surface area contributed by atoms with Crippen molar-refractivity contribution in [2.75, 3.05) is 32.1 Å². The maximum atomic E-state index is 10.6. The van der Waals surface area contributed by atoms with E-state index < -0.39 is 5.97 Å². The summed E-state index contributed by atoms with van der Waals surface area (Å²) in [5.41, 5.74) is 0.658. The predicted molar refractivity (Wildman–Crippen MR) is 67.8 cm³/mol. The van der Waals surface area contributed by atoms with Crippen molar-refractivity contribution >= 4 is 22.4 Å². The molecule has 17 heavy (non-hydrogen) atoms. The van der Waals surface area contributed by atoms with Gasteiger partial charge in [0.15, 0.2) is 5.13 Å². The minimum absolute atomic E-state index is 0.0153. The van der Waals surface area contributed by atoms with Gasteiger partial charge in [0.1, 0.15) is 0 Å². The molecule has 5 nitrogen and oxygen atoms in total. The largest absolute Gasteiger partial charge is 0.481 e. The molecule has 0 radical (unpaired) electrons. The third-order valence-corrected chi connectivity index (χ3v) is 3.99. The van der Waals surface area contributed by atoms with Gasteiger partial charge in [-0.3, -0.25) is 4.79 Å². The van der Waals surface area contributed by atoms with Crippen molar-refractivity contribution in [2.24, 2.45) is 0 Å². The van der Waals surface area contributed by atoms with Crippen molar-refractivity contribution in [1.29, 1.82) is 0 Å². The molecule has 0 aromatic carbocycles. The first kappa shape index (κ1) is 12.3. The summed E-state index contributed by atoms with van der Waals surface area (Å²) in [6, 6.07) is 0.571. The number of aromatic nitrogens is 1. The van der Waals surface area contributed by atoms with E-state index in [1.807, 2.05) is 5.38 Å². The summed E-state index contributed by atoms with van der Waals surface area (Å²) in [4.78, 5) is 19.4. The molecule has 2 rings (SSSR count). The van der Waals surface area contributed by atoms with Crippen LogP contribution >= 0.6 is 11.3 Å². The molecule has 1 saturated heterocycles. The van der Waals surface area contributed by atoms with Crippen molar-refractivity contribution < 1.29 is 9.90 Å². The summed E-state index contributed by atoms with van der Waals surface area (Å²) < 4.78 is 0. The van der Waals surface area contributed by atoms with Gasteiger partial charge in [-0.25, -0.2) is 4.98 Å². The lowest BCUT2D eigenvalue weighted by Crippen LogP contribution is -2.31. The Balaban J connectivity index is 1.99. The average molecular weight is 255 g/mol. The first-order chi connectivity index (χ1) is 8.06. The van der Waals surface area contributed by atoms with Crippen molar-refractivity contribution in [3.63, 3.8) is 0 Å². The third-order valence-electron chi connectivity index (χ3n) is 3.04. The van der Waals surface area contributed by atoms with Gasteiger partial charge < -0.3 is 14.9 Å². The fourth-order valence-corrected chi connectivity index (χ4v) is 2.88. The Morgan fingerprint density at radius 1 is 1.71 bits per heavy atom. The molecule has 1 aliphatic heterocycles. The number of anilines is 1. The Morgan fingerprint density at radius 3 is 3.06 bits per heavy atom. The summed E-state index contributed by atoms with van der Waals surface area (Å²) in [6.45, 7) is 1.98. The Bertz CT molecular complexity index is 405. The molecular formula is C11H17N3O2S. The second-order valence-corrected chi connectivity index (χ2v) is 5.38. The number of aliphatic carboxylic acids is 1. The van der Waals surface area contributed by atoms with Gasteiger partial charge in [0.05, 0.1) is 12.1 Å². The van der Waals surface area contributed by atoms with Crippen LogP contribution in [0, 0.1) is 0 Å². The van der Waals surface area contributed by atoms with Gasteiger partial charge in [-0.05, 0) is 20.5 Å². The highest BCUT2D eigenvalue weighted by molar-refractivity contribution is 7.13. The number of rotatable bonds is 4. The molecule has 0 amide bonds. The maximum Gasteiger partial charge on any atom is 0.309 e. The van der Waals surface area contributed by atoms with E-state index in [0.717, 1.165) is 24.6 Å². The second kappa shape index (κ2) is 5.01. The Hall–Kier alpha value is -1.14. The molecule has 6 heteroatoms. The normalized spacial score (nSPS) is 20.2. The number of carboxylic acids is 1. The molecular weight excluding hydrogens is 238 g/mol. The van der Waals surface area contributed by atoms with Gasteiger partial charge in [-0.15, -0.1) is 11.3 Å². The van der Waals surface area contributed by atoms with Crippen molar-refractivity contribution in [1.82, 2.24) is 9.88 Å². The minimum atomic E-state index is -0.825. The van der Waals surface area contributed by atoms with E-state index in [2.05, 4.69) is 28.9 Å². The van der Waals surface area contributed by atoms with Gasteiger partial charge in [-0.2, -0.15) is 0 Å². The summed E-state index contributed by atoms with van der Waals surface area (Å²) in [7, 11) is 4.18. The van der Waals surface area contributed by atoms with Crippen LogP contribution in [0.2, 0.25) is 0 Å². The van der Waals surface area contributed by atoms with Crippen LogP contribution < -0.4 is 4.90 Å². The zero-order chi connectivity index (χ0) is 12.4. The molecule has 1 N–H and O–H groups in total. The summed E-state index contributed by atoms with van der Waals surface area (Å²) in [5.74, 6) is -0.825. The third kappa shape index (κ3) is 2.95. The summed E-state index contributed by atoms with van der Waals surface area (Å²) >= 11 is 1.54. The topological polar surface area (TPSA) is 56.7 Å². The molecule has 1 atom stereocenters. The SMILES string of the molecule is CN(C)C1CCN(c2nc(CC(=O)O)cs2)C1. The predicted octanol–water partition coefficient (Wildman–Crippen LogP) is 0.910. The molecule has 1 aromatic rings. The highest BCUT2D eigenvalue weighted by Gasteiger charge is 2.25. The molecule has 1 fully saturated rings. The van der Waals surface area contributed by atoms with Gasteiger partial charge >= 0.3 is 5.97 Å². The Kier molecular flexibility index (Phi) is 3.63. The fraction of sp³-hybridized carbons (Fsp3) is 0.636. The van der Waals surface area contributed by atoms with E-state index >= 15 is 0 Å². The fourth-order valence-electron chi connectivity index (χ4n) is 2.01. The molecule has 1 unspecified atom stereocenters. The quantitative estimate of drug-likeness (QED) is 0.866. The standard InChI is InChI=1S/C11H17N3O2S/c1-13(2)9-3-4-14(6-9)11-12-8(7-17-11)5-10(15)16/h7,9H,3-6H2,1-2H3,(H,15,16).